The molecular formula is C17H26N2O3S. The summed E-state index contributed by atoms with van der Waals surface area (Å²) in [4.78, 5) is 12.2. The first-order chi connectivity index (χ1) is 11.0. The molecule has 6 heteroatoms. The van der Waals surface area contributed by atoms with Gasteiger partial charge in [0.15, 0.2) is 0 Å². The molecule has 1 amide bonds. The van der Waals surface area contributed by atoms with Crippen LogP contribution in [0.15, 0.2) is 29.2 Å². The van der Waals surface area contributed by atoms with Crippen LogP contribution in [0.4, 0.5) is 0 Å². The van der Waals surface area contributed by atoms with Crippen molar-refractivity contribution in [2.75, 3.05) is 13.1 Å². The van der Waals surface area contributed by atoms with Crippen molar-refractivity contribution in [2.45, 2.75) is 56.9 Å². The molecule has 1 fully saturated rings. The Hall–Kier alpha value is -1.40. The summed E-state index contributed by atoms with van der Waals surface area (Å²) in [6, 6.07) is 6.34. The van der Waals surface area contributed by atoms with Crippen LogP contribution in [0.2, 0.25) is 0 Å². The topological polar surface area (TPSA) is 66.5 Å². The number of rotatable bonds is 6. The van der Waals surface area contributed by atoms with Gasteiger partial charge >= 0.3 is 0 Å². The predicted molar refractivity (Wildman–Crippen MR) is 90.9 cm³/mol. The molecule has 1 atom stereocenters. The summed E-state index contributed by atoms with van der Waals surface area (Å²) in [5, 5.41) is 2.79. The molecule has 1 saturated heterocycles. The lowest BCUT2D eigenvalue weighted by atomic mass is 10.0. The molecule has 1 N–H and O–H groups in total. The van der Waals surface area contributed by atoms with Gasteiger partial charge in [-0.1, -0.05) is 20.3 Å². The molecule has 0 saturated carbocycles. The molecule has 1 aromatic carbocycles. The first-order valence-corrected chi connectivity index (χ1v) is 9.84. The summed E-state index contributed by atoms with van der Waals surface area (Å²) in [6.07, 6.45) is 4.61. The van der Waals surface area contributed by atoms with Crippen molar-refractivity contribution in [2.24, 2.45) is 0 Å². The molecule has 1 aliphatic heterocycles. The third-order valence-electron chi connectivity index (χ3n) is 4.30. The smallest absolute Gasteiger partial charge is 0.251 e. The number of benzene rings is 1. The molecule has 0 spiro atoms. The fourth-order valence-electron chi connectivity index (χ4n) is 2.95. The maximum atomic E-state index is 12.8. The van der Waals surface area contributed by atoms with Crippen molar-refractivity contribution in [3.8, 4) is 0 Å². The number of carbonyl (C=O) groups is 1. The number of nitrogens with one attached hydrogen (secondary N) is 1. The van der Waals surface area contributed by atoms with Crippen LogP contribution >= 0.6 is 0 Å². The van der Waals surface area contributed by atoms with E-state index in [2.05, 4.69) is 5.32 Å². The van der Waals surface area contributed by atoms with Crippen molar-refractivity contribution < 1.29 is 13.2 Å². The highest BCUT2D eigenvalue weighted by Crippen LogP contribution is 2.27. The van der Waals surface area contributed by atoms with E-state index in [9.17, 15) is 13.2 Å². The molecule has 128 valence electrons. The van der Waals surface area contributed by atoms with E-state index in [1.165, 1.54) is 12.1 Å². The van der Waals surface area contributed by atoms with Crippen LogP contribution < -0.4 is 5.32 Å². The molecule has 1 aromatic rings. The number of amides is 1. The van der Waals surface area contributed by atoms with E-state index in [4.69, 9.17) is 0 Å². The Morgan fingerprint density at radius 1 is 1.22 bits per heavy atom. The van der Waals surface area contributed by atoms with Gasteiger partial charge in [-0.25, -0.2) is 8.42 Å². The zero-order valence-electron chi connectivity index (χ0n) is 13.9. The second kappa shape index (κ2) is 7.93. The molecule has 1 aliphatic rings. The molecule has 0 aromatic heterocycles. The van der Waals surface area contributed by atoms with Crippen molar-refractivity contribution in [3.05, 3.63) is 29.8 Å². The zero-order valence-corrected chi connectivity index (χ0v) is 14.7. The van der Waals surface area contributed by atoms with Gasteiger partial charge in [0.25, 0.3) is 5.91 Å². The largest absolute Gasteiger partial charge is 0.352 e. The van der Waals surface area contributed by atoms with Crippen LogP contribution in [0.5, 0.6) is 0 Å². The average molecular weight is 338 g/mol. The Morgan fingerprint density at radius 3 is 2.52 bits per heavy atom. The minimum atomic E-state index is -3.48. The van der Waals surface area contributed by atoms with Crippen LogP contribution in [0.3, 0.4) is 0 Å². The van der Waals surface area contributed by atoms with Crippen LogP contribution in [-0.4, -0.2) is 37.8 Å². The van der Waals surface area contributed by atoms with Gasteiger partial charge in [0.05, 0.1) is 4.90 Å². The molecule has 1 heterocycles. The number of carbonyl (C=O) groups excluding carboxylic acids is 1. The van der Waals surface area contributed by atoms with E-state index in [1.54, 1.807) is 16.4 Å². The Labute approximate surface area is 139 Å². The molecule has 0 aliphatic carbocycles. The maximum Gasteiger partial charge on any atom is 0.251 e. The summed E-state index contributed by atoms with van der Waals surface area (Å²) in [6.45, 7) is 5.21. The molecule has 1 unspecified atom stereocenters. The van der Waals surface area contributed by atoms with E-state index >= 15 is 0 Å². The lowest BCUT2D eigenvalue weighted by molar-refractivity contribution is 0.0953. The summed E-state index contributed by atoms with van der Waals surface area (Å²) < 4.78 is 27.3. The Kier molecular flexibility index (Phi) is 6.18. The lowest BCUT2D eigenvalue weighted by Gasteiger charge is -2.34. The Morgan fingerprint density at radius 2 is 1.91 bits per heavy atom. The number of hydrogen-bond acceptors (Lipinski definition) is 3. The summed E-state index contributed by atoms with van der Waals surface area (Å²) in [5.74, 6) is -0.166. The van der Waals surface area contributed by atoms with E-state index in [0.717, 1.165) is 32.1 Å². The van der Waals surface area contributed by atoms with Gasteiger partial charge in [-0.2, -0.15) is 4.31 Å². The third-order valence-corrected chi connectivity index (χ3v) is 6.27. The van der Waals surface area contributed by atoms with Crippen molar-refractivity contribution in [1.82, 2.24) is 9.62 Å². The second-order valence-corrected chi connectivity index (χ2v) is 7.84. The van der Waals surface area contributed by atoms with Gasteiger partial charge in [0.2, 0.25) is 10.0 Å². The highest BCUT2D eigenvalue weighted by atomic mass is 32.2. The molecule has 0 bridgehead atoms. The second-order valence-electron chi connectivity index (χ2n) is 5.95. The van der Waals surface area contributed by atoms with Crippen molar-refractivity contribution in [3.63, 3.8) is 0 Å². The molecule has 0 radical (unpaired) electrons. The minimum Gasteiger partial charge on any atom is -0.352 e. The third kappa shape index (κ3) is 4.12. The highest BCUT2D eigenvalue weighted by Gasteiger charge is 2.32. The molecule has 23 heavy (non-hydrogen) atoms. The van der Waals surface area contributed by atoms with E-state index in [1.807, 2.05) is 13.8 Å². The summed E-state index contributed by atoms with van der Waals surface area (Å²) >= 11 is 0. The van der Waals surface area contributed by atoms with Gasteiger partial charge in [-0.05, 0) is 49.9 Å². The lowest BCUT2D eigenvalue weighted by Crippen LogP contribution is -2.43. The van der Waals surface area contributed by atoms with E-state index < -0.39 is 10.0 Å². The first kappa shape index (κ1) is 17.9. The molecular weight excluding hydrogens is 312 g/mol. The van der Waals surface area contributed by atoms with E-state index in [0.29, 0.717) is 18.7 Å². The molecule has 2 rings (SSSR count). The SMILES string of the molecule is CCCNC(=O)c1ccc(S(=O)(=O)N2CCCCC2CC)cc1. The summed E-state index contributed by atoms with van der Waals surface area (Å²) in [7, 11) is -3.48. The number of piperidine rings is 1. The normalized spacial score (nSPS) is 19.5. The number of sulfonamides is 1. The first-order valence-electron chi connectivity index (χ1n) is 8.40. The van der Waals surface area contributed by atoms with Gasteiger partial charge < -0.3 is 5.32 Å². The predicted octanol–water partition coefficient (Wildman–Crippen LogP) is 2.78. The maximum absolute atomic E-state index is 12.8. The average Bonchev–Trinajstić information content (AvgIpc) is 2.59. The highest BCUT2D eigenvalue weighted by molar-refractivity contribution is 7.89. The standard InChI is InChI=1S/C17H26N2O3S/c1-3-12-18-17(20)14-8-10-16(11-9-14)23(21,22)19-13-6-5-7-15(19)4-2/h8-11,15H,3-7,12-13H2,1-2H3,(H,18,20). The Bertz CT molecular complexity index is 626. The number of hydrogen-bond donors (Lipinski definition) is 1. The van der Waals surface area contributed by atoms with E-state index in [-0.39, 0.29) is 16.8 Å². The van der Waals surface area contributed by atoms with Crippen LogP contribution in [0.1, 0.15) is 56.3 Å². The minimum absolute atomic E-state index is 0.0845. The summed E-state index contributed by atoms with van der Waals surface area (Å²) in [5.41, 5.74) is 0.489. The quantitative estimate of drug-likeness (QED) is 0.867. The van der Waals surface area contributed by atoms with Crippen LogP contribution in [0.25, 0.3) is 0 Å². The zero-order chi connectivity index (χ0) is 16.9. The van der Waals surface area contributed by atoms with Crippen molar-refractivity contribution in [1.29, 1.82) is 0 Å². The van der Waals surface area contributed by atoms with Gasteiger partial charge in [-0.15, -0.1) is 0 Å². The fourth-order valence-corrected chi connectivity index (χ4v) is 4.72. The Balaban J connectivity index is 2.18. The van der Waals surface area contributed by atoms with Gasteiger partial charge in [0, 0.05) is 24.7 Å². The monoisotopic (exact) mass is 338 g/mol. The van der Waals surface area contributed by atoms with Gasteiger partial charge in [-0.3, -0.25) is 4.79 Å². The van der Waals surface area contributed by atoms with Gasteiger partial charge in [0.1, 0.15) is 0 Å². The molecule has 5 nitrogen and oxygen atoms in total. The number of nitrogens with zero attached hydrogens (tertiary/aromatic N) is 1. The van der Waals surface area contributed by atoms with Crippen LogP contribution in [-0.2, 0) is 10.0 Å². The van der Waals surface area contributed by atoms with Crippen LogP contribution in [0, 0.1) is 0 Å². The van der Waals surface area contributed by atoms with Crippen molar-refractivity contribution >= 4 is 15.9 Å². The fraction of sp³-hybridized carbons (Fsp3) is 0.588.